The lowest BCUT2D eigenvalue weighted by molar-refractivity contribution is 0.0512. The molecule has 0 radical (unpaired) electrons. The number of anilines is 1. The second-order valence-electron chi connectivity index (χ2n) is 6.12. The van der Waals surface area contributed by atoms with E-state index in [4.69, 9.17) is 10.5 Å². The number of nitrogens with two attached hydrogens (primary N) is 1. The maximum absolute atomic E-state index is 12.2. The van der Waals surface area contributed by atoms with Crippen LogP contribution in [0.1, 0.15) is 37.9 Å². The van der Waals surface area contributed by atoms with Crippen molar-refractivity contribution in [1.82, 2.24) is 5.32 Å². The van der Waals surface area contributed by atoms with Gasteiger partial charge < -0.3 is 15.8 Å². The van der Waals surface area contributed by atoms with Gasteiger partial charge in [0.1, 0.15) is 5.60 Å². The normalized spacial score (nSPS) is 12.5. The summed E-state index contributed by atoms with van der Waals surface area (Å²) in [7, 11) is 0. The fraction of sp³-hybridized carbons (Fsp3) is 0.278. The van der Waals surface area contributed by atoms with Crippen LogP contribution in [0.25, 0.3) is 0 Å². The number of carbonyl (C=O) groups is 1. The molecule has 0 bridgehead atoms. The monoisotopic (exact) mass is 298 g/mol. The number of hydrogen-bond donors (Lipinski definition) is 2. The van der Waals surface area contributed by atoms with Crippen molar-refractivity contribution in [2.45, 2.75) is 32.4 Å². The van der Waals surface area contributed by atoms with Crippen LogP contribution in [0, 0.1) is 0 Å². The second-order valence-corrected chi connectivity index (χ2v) is 6.12. The smallest absolute Gasteiger partial charge is 0.408 e. The third kappa shape index (κ3) is 4.25. The zero-order chi connectivity index (χ0) is 16.2. The van der Waals surface area contributed by atoms with E-state index in [0.29, 0.717) is 5.69 Å². The molecule has 2 aromatic carbocycles. The minimum absolute atomic E-state index is 0.350. The summed E-state index contributed by atoms with van der Waals surface area (Å²) >= 11 is 0. The van der Waals surface area contributed by atoms with Crippen molar-refractivity contribution in [1.29, 1.82) is 0 Å². The van der Waals surface area contributed by atoms with E-state index in [-0.39, 0.29) is 6.04 Å². The largest absolute Gasteiger partial charge is 0.444 e. The number of nitrogen functional groups attached to an aromatic ring is 1. The van der Waals surface area contributed by atoms with Crippen molar-refractivity contribution in [3.8, 4) is 0 Å². The molecule has 0 saturated carbocycles. The molecule has 0 spiro atoms. The fourth-order valence-corrected chi connectivity index (χ4v) is 2.19. The van der Waals surface area contributed by atoms with Crippen LogP contribution in [0.15, 0.2) is 54.6 Å². The number of carbonyl (C=O) groups excluding carboxylic acids is 1. The average molecular weight is 298 g/mol. The van der Waals surface area contributed by atoms with Gasteiger partial charge in [-0.2, -0.15) is 0 Å². The highest BCUT2D eigenvalue weighted by Gasteiger charge is 2.22. The van der Waals surface area contributed by atoms with E-state index in [1.165, 1.54) is 0 Å². The molecule has 116 valence electrons. The Morgan fingerprint density at radius 2 is 1.64 bits per heavy atom. The van der Waals surface area contributed by atoms with E-state index >= 15 is 0 Å². The van der Waals surface area contributed by atoms with Crippen LogP contribution in [0.4, 0.5) is 10.5 Å². The highest BCUT2D eigenvalue weighted by Crippen LogP contribution is 2.27. The van der Waals surface area contributed by atoms with Crippen molar-refractivity contribution in [3.05, 3.63) is 65.7 Å². The summed E-state index contributed by atoms with van der Waals surface area (Å²) in [5.74, 6) is 0. The van der Waals surface area contributed by atoms with Crippen LogP contribution in [-0.2, 0) is 4.74 Å². The average Bonchev–Trinajstić information content (AvgIpc) is 2.45. The van der Waals surface area contributed by atoms with Crippen LogP contribution < -0.4 is 11.1 Å². The molecule has 0 aliphatic carbocycles. The molecule has 2 rings (SSSR count). The van der Waals surface area contributed by atoms with Crippen molar-refractivity contribution in [3.63, 3.8) is 0 Å². The molecule has 22 heavy (non-hydrogen) atoms. The van der Waals surface area contributed by atoms with Gasteiger partial charge in [-0.15, -0.1) is 0 Å². The molecule has 4 heteroatoms. The van der Waals surface area contributed by atoms with E-state index in [2.05, 4.69) is 5.32 Å². The summed E-state index contributed by atoms with van der Waals surface area (Å²) in [6, 6.07) is 16.8. The van der Waals surface area contributed by atoms with Crippen LogP contribution >= 0.6 is 0 Å². The van der Waals surface area contributed by atoms with Crippen LogP contribution in [0.3, 0.4) is 0 Å². The number of para-hydroxylation sites is 1. The summed E-state index contributed by atoms with van der Waals surface area (Å²) in [5, 5.41) is 2.91. The molecule has 3 N–H and O–H groups in total. The lowest BCUT2D eigenvalue weighted by Crippen LogP contribution is -2.35. The minimum atomic E-state index is -0.548. The van der Waals surface area contributed by atoms with E-state index < -0.39 is 11.7 Å². The molecule has 0 heterocycles. The molecule has 0 saturated heterocycles. The number of rotatable bonds is 3. The topological polar surface area (TPSA) is 64.3 Å². The molecule has 0 aliphatic rings. The van der Waals surface area contributed by atoms with Crippen LogP contribution in [0.2, 0.25) is 0 Å². The van der Waals surface area contributed by atoms with E-state index in [0.717, 1.165) is 11.1 Å². The van der Waals surface area contributed by atoms with Gasteiger partial charge >= 0.3 is 6.09 Å². The minimum Gasteiger partial charge on any atom is -0.444 e. The number of amides is 1. The van der Waals surface area contributed by atoms with Gasteiger partial charge in [-0.1, -0.05) is 48.5 Å². The summed E-state index contributed by atoms with van der Waals surface area (Å²) in [4.78, 5) is 12.2. The lowest BCUT2D eigenvalue weighted by atomic mass is 9.97. The number of alkyl carbamates (subject to hydrolysis) is 1. The predicted octanol–water partition coefficient (Wildman–Crippen LogP) is 3.88. The first-order valence-corrected chi connectivity index (χ1v) is 7.26. The highest BCUT2D eigenvalue weighted by molar-refractivity contribution is 5.70. The standard InChI is InChI=1S/C18H22N2O2/c1-18(2,3)22-17(21)20-16(13-9-5-4-6-10-13)14-11-7-8-12-15(14)19/h4-12,16H,19H2,1-3H3,(H,20,21)/t16-/m1/s1. The van der Waals surface area contributed by atoms with Crippen LogP contribution in [0.5, 0.6) is 0 Å². The van der Waals surface area contributed by atoms with E-state index in [1.54, 1.807) is 0 Å². The van der Waals surface area contributed by atoms with Crippen molar-refractivity contribution in [2.24, 2.45) is 0 Å². The second kappa shape index (κ2) is 6.52. The van der Waals surface area contributed by atoms with E-state index in [9.17, 15) is 4.79 Å². The van der Waals surface area contributed by atoms with Gasteiger partial charge in [-0.3, -0.25) is 0 Å². The molecular weight excluding hydrogens is 276 g/mol. The third-order valence-corrected chi connectivity index (χ3v) is 3.10. The molecule has 2 aromatic rings. The Hall–Kier alpha value is -2.49. The lowest BCUT2D eigenvalue weighted by Gasteiger charge is -2.25. The Bertz CT molecular complexity index is 633. The summed E-state index contributed by atoms with van der Waals surface area (Å²) < 4.78 is 5.36. The van der Waals surface area contributed by atoms with Gasteiger partial charge in [0.2, 0.25) is 0 Å². The maximum atomic E-state index is 12.2. The van der Waals surface area contributed by atoms with Gasteiger partial charge in [0.15, 0.2) is 0 Å². The van der Waals surface area contributed by atoms with Gasteiger partial charge in [0.05, 0.1) is 6.04 Å². The first-order valence-electron chi connectivity index (χ1n) is 7.26. The van der Waals surface area contributed by atoms with Crippen molar-refractivity contribution in [2.75, 3.05) is 5.73 Å². The van der Waals surface area contributed by atoms with E-state index in [1.807, 2.05) is 75.4 Å². The Balaban J connectivity index is 2.31. The van der Waals surface area contributed by atoms with Gasteiger partial charge in [-0.05, 0) is 32.4 Å². The first-order chi connectivity index (χ1) is 10.4. The Kier molecular flexibility index (Phi) is 4.71. The Morgan fingerprint density at radius 3 is 2.23 bits per heavy atom. The Morgan fingerprint density at radius 1 is 1.05 bits per heavy atom. The third-order valence-electron chi connectivity index (χ3n) is 3.10. The van der Waals surface area contributed by atoms with Gasteiger partial charge in [0, 0.05) is 11.3 Å². The molecule has 0 aromatic heterocycles. The molecule has 4 nitrogen and oxygen atoms in total. The molecule has 0 aliphatic heterocycles. The summed E-state index contributed by atoms with van der Waals surface area (Å²) in [6.07, 6.45) is -0.468. The fourth-order valence-electron chi connectivity index (χ4n) is 2.19. The zero-order valence-electron chi connectivity index (χ0n) is 13.2. The van der Waals surface area contributed by atoms with Crippen molar-refractivity contribution < 1.29 is 9.53 Å². The molecule has 0 unspecified atom stereocenters. The maximum Gasteiger partial charge on any atom is 0.408 e. The van der Waals surface area contributed by atoms with Crippen molar-refractivity contribution >= 4 is 11.8 Å². The Labute approximate surface area is 131 Å². The summed E-state index contributed by atoms with van der Waals surface area (Å²) in [5.41, 5.74) is 7.95. The molecule has 1 atom stereocenters. The zero-order valence-corrected chi connectivity index (χ0v) is 13.2. The number of benzene rings is 2. The number of hydrogen-bond acceptors (Lipinski definition) is 3. The summed E-state index contributed by atoms with van der Waals surface area (Å²) in [6.45, 7) is 5.50. The molecular formula is C18H22N2O2. The molecule has 0 fully saturated rings. The number of ether oxygens (including phenoxy) is 1. The quantitative estimate of drug-likeness (QED) is 0.845. The predicted molar refractivity (Wildman–Crippen MR) is 88.5 cm³/mol. The van der Waals surface area contributed by atoms with Crippen LogP contribution in [-0.4, -0.2) is 11.7 Å². The highest BCUT2D eigenvalue weighted by atomic mass is 16.6. The SMILES string of the molecule is CC(C)(C)OC(=O)N[C@H](c1ccccc1)c1ccccc1N. The molecule has 1 amide bonds. The number of nitrogens with one attached hydrogen (secondary N) is 1. The van der Waals surface area contributed by atoms with Gasteiger partial charge in [-0.25, -0.2) is 4.79 Å². The first kappa shape index (κ1) is 15.9. The van der Waals surface area contributed by atoms with Gasteiger partial charge in [0.25, 0.3) is 0 Å².